The van der Waals surface area contributed by atoms with E-state index in [0.717, 1.165) is 12.8 Å². The highest BCUT2D eigenvalue weighted by Crippen LogP contribution is 2.66. The monoisotopic (exact) mass is 315 g/mol. The Morgan fingerprint density at radius 3 is 2.61 bits per heavy atom. The van der Waals surface area contributed by atoms with E-state index in [-0.39, 0.29) is 29.3 Å². The van der Waals surface area contributed by atoms with Crippen molar-refractivity contribution in [2.24, 2.45) is 11.3 Å². The van der Waals surface area contributed by atoms with Crippen LogP contribution in [0.1, 0.15) is 29.6 Å². The van der Waals surface area contributed by atoms with Crippen molar-refractivity contribution in [3.63, 3.8) is 0 Å². The largest absolute Gasteiger partial charge is 0.469 e. The van der Waals surface area contributed by atoms with Crippen molar-refractivity contribution in [2.75, 3.05) is 14.2 Å². The van der Waals surface area contributed by atoms with Crippen molar-refractivity contribution < 1.29 is 19.1 Å². The number of hydrogen-bond donors (Lipinski definition) is 0. The summed E-state index contributed by atoms with van der Waals surface area (Å²) in [6.45, 7) is 0. The fraction of sp³-hybridized carbons (Fsp3) is 0.556. The second kappa shape index (κ2) is 5.06. The maximum atomic E-state index is 12.4. The molecule has 5 heteroatoms. The molecule has 2 saturated carbocycles. The van der Waals surface area contributed by atoms with Gasteiger partial charge in [-0.15, -0.1) is 0 Å². The minimum atomic E-state index is -0.395. The molecule has 1 spiro atoms. The lowest BCUT2D eigenvalue weighted by Gasteiger charge is -2.67. The van der Waals surface area contributed by atoms with Gasteiger partial charge in [0.05, 0.1) is 12.7 Å². The van der Waals surface area contributed by atoms with Crippen LogP contribution >= 0.6 is 0 Å². The van der Waals surface area contributed by atoms with Gasteiger partial charge in [0.1, 0.15) is 12.0 Å². The molecule has 4 rings (SSSR count). The molecule has 1 heterocycles. The highest BCUT2D eigenvalue weighted by Gasteiger charge is 2.73. The number of methoxy groups -OCH3 is 1. The first kappa shape index (κ1) is 14.7. The zero-order chi connectivity index (χ0) is 16.2. The summed E-state index contributed by atoms with van der Waals surface area (Å²) >= 11 is 0. The summed E-state index contributed by atoms with van der Waals surface area (Å²) in [4.78, 5) is 27.0. The smallest absolute Gasteiger partial charge is 0.338 e. The molecular weight excluding hydrogens is 294 g/mol. The van der Waals surface area contributed by atoms with Gasteiger partial charge < -0.3 is 9.47 Å². The number of benzene rings is 1. The molecule has 1 saturated heterocycles. The van der Waals surface area contributed by atoms with Crippen LogP contribution in [0.2, 0.25) is 0 Å². The van der Waals surface area contributed by atoms with Crippen LogP contribution in [0.25, 0.3) is 0 Å². The summed E-state index contributed by atoms with van der Waals surface area (Å²) in [5, 5.41) is 0. The van der Waals surface area contributed by atoms with Crippen molar-refractivity contribution in [3.05, 3.63) is 35.9 Å². The highest BCUT2D eigenvalue weighted by molar-refractivity contribution is 5.89. The fourth-order valence-corrected chi connectivity index (χ4v) is 5.10. The molecule has 5 unspecified atom stereocenters. The van der Waals surface area contributed by atoms with Gasteiger partial charge in [-0.2, -0.15) is 0 Å². The van der Waals surface area contributed by atoms with Gasteiger partial charge in [-0.25, -0.2) is 4.79 Å². The number of esters is 2. The quantitative estimate of drug-likeness (QED) is 0.797. The second-order valence-electron chi connectivity index (χ2n) is 6.96. The molecule has 0 bridgehead atoms. The molecule has 1 aromatic carbocycles. The molecule has 5 nitrogen and oxygen atoms in total. The van der Waals surface area contributed by atoms with E-state index in [2.05, 4.69) is 11.9 Å². The summed E-state index contributed by atoms with van der Waals surface area (Å²) < 4.78 is 10.7. The number of likely N-dealkylation sites (tertiary alicyclic amines) is 1. The average Bonchev–Trinajstić information content (AvgIpc) is 2.89. The summed E-state index contributed by atoms with van der Waals surface area (Å²) in [7, 11) is 3.46. The molecular formula is C18H21NO4. The molecule has 0 amide bonds. The lowest BCUT2D eigenvalue weighted by Crippen LogP contribution is -2.75. The molecule has 3 aliphatic rings. The van der Waals surface area contributed by atoms with Crippen molar-refractivity contribution >= 4 is 11.9 Å². The molecule has 5 atom stereocenters. The third kappa shape index (κ3) is 1.89. The number of rotatable bonds is 3. The zero-order valence-electron chi connectivity index (χ0n) is 13.4. The lowest BCUT2D eigenvalue weighted by molar-refractivity contribution is -0.193. The molecule has 122 valence electrons. The maximum Gasteiger partial charge on any atom is 0.338 e. The fourth-order valence-electron chi connectivity index (χ4n) is 5.10. The number of ether oxygens (including phenoxy) is 2. The topological polar surface area (TPSA) is 55.8 Å². The van der Waals surface area contributed by atoms with Gasteiger partial charge in [0.2, 0.25) is 0 Å². The van der Waals surface area contributed by atoms with Crippen molar-refractivity contribution in [2.45, 2.75) is 37.5 Å². The summed E-state index contributed by atoms with van der Waals surface area (Å²) in [5.41, 5.74) is 0.668. The van der Waals surface area contributed by atoms with Crippen LogP contribution in [0, 0.1) is 11.3 Å². The Labute approximate surface area is 135 Å². The van der Waals surface area contributed by atoms with E-state index in [1.54, 1.807) is 24.3 Å². The number of carbonyl (C=O) groups is 2. The van der Waals surface area contributed by atoms with Gasteiger partial charge in [-0.05, 0) is 38.4 Å². The highest BCUT2D eigenvalue weighted by atomic mass is 16.6. The van der Waals surface area contributed by atoms with Crippen molar-refractivity contribution in [3.8, 4) is 0 Å². The maximum absolute atomic E-state index is 12.4. The predicted molar refractivity (Wildman–Crippen MR) is 82.8 cm³/mol. The van der Waals surface area contributed by atoms with Crippen LogP contribution in [-0.2, 0) is 14.3 Å². The Morgan fingerprint density at radius 2 is 2.00 bits per heavy atom. The Bertz CT molecular complexity index is 646. The molecule has 1 aromatic rings. The normalized spacial score (nSPS) is 37.8. The minimum Gasteiger partial charge on any atom is -0.469 e. The number of piperidine rings is 1. The predicted octanol–water partition coefficient (Wildman–Crippen LogP) is 1.87. The number of nitrogens with zero attached hydrogens (tertiary/aromatic N) is 1. The standard InChI is InChI=1S/C18H21NO4/c1-19-13-8-9-18(13)10-12(14(15(18)19)17(21)22-2)23-16(20)11-6-4-3-5-7-11/h3-7,12-15H,8-10H2,1-2H3. The van der Waals surface area contributed by atoms with Gasteiger partial charge >= 0.3 is 11.9 Å². The third-order valence-electron chi connectivity index (χ3n) is 6.13. The molecule has 0 N–H and O–H groups in total. The molecule has 2 aliphatic carbocycles. The molecule has 3 fully saturated rings. The lowest BCUT2D eigenvalue weighted by atomic mass is 9.53. The Balaban J connectivity index is 1.57. The van der Waals surface area contributed by atoms with Crippen molar-refractivity contribution in [1.29, 1.82) is 0 Å². The average molecular weight is 315 g/mol. The SMILES string of the molecule is COC(=O)C1C(OC(=O)c2ccccc2)CC23CCC2N(C)C13. The number of carbonyl (C=O) groups excluding carboxylic acids is 2. The Kier molecular flexibility index (Phi) is 3.23. The van der Waals surface area contributed by atoms with Crippen LogP contribution < -0.4 is 0 Å². The minimum absolute atomic E-state index is 0.141. The van der Waals surface area contributed by atoms with E-state index >= 15 is 0 Å². The second-order valence-corrected chi connectivity index (χ2v) is 6.96. The van der Waals surface area contributed by atoms with Crippen LogP contribution in [0.4, 0.5) is 0 Å². The van der Waals surface area contributed by atoms with Gasteiger partial charge in [-0.3, -0.25) is 9.69 Å². The van der Waals surface area contributed by atoms with Crippen molar-refractivity contribution in [1.82, 2.24) is 4.90 Å². The Morgan fingerprint density at radius 1 is 1.26 bits per heavy atom. The molecule has 0 radical (unpaired) electrons. The Hall–Kier alpha value is -1.88. The zero-order valence-corrected chi connectivity index (χ0v) is 13.4. The van der Waals surface area contributed by atoms with E-state index < -0.39 is 6.10 Å². The third-order valence-corrected chi connectivity index (χ3v) is 6.13. The first-order valence-corrected chi connectivity index (χ1v) is 8.14. The van der Waals surface area contributed by atoms with Gasteiger partial charge in [0.25, 0.3) is 0 Å². The van der Waals surface area contributed by atoms with E-state index in [4.69, 9.17) is 9.47 Å². The van der Waals surface area contributed by atoms with Gasteiger partial charge in [0.15, 0.2) is 0 Å². The van der Waals surface area contributed by atoms with Crippen LogP contribution in [0.15, 0.2) is 30.3 Å². The van der Waals surface area contributed by atoms with Gasteiger partial charge in [0, 0.05) is 17.5 Å². The van der Waals surface area contributed by atoms with E-state index in [1.165, 1.54) is 13.5 Å². The first-order valence-electron chi connectivity index (χ1n) is 8.14. The molecule has 23 heavy (non-hydrogen) atoms. The summed E-state index contributed by atoms with van der Waals surface area (Å²) in [6, 6.07) is 9.60. The van der Waals surface area contributed by atoms with Crippen LogP contribution in [-0.4, -0.2) is 49.2 Å². The summed E-state index contributed by atoms with van der Waals surface area (Å²) in [6.07, 6.45) is 2.65. The van der Waals surface area contributed by atoms with E-state index in [1.807, 2.05) is 6.07 Å². The first-order chi connectivity index (χ1) is 11.1. The van der Waals surface area contributed by atoms with E-state index in [9.17, 15) is 9.59 Å². The molecule has 0 aromatic heterocycles. The molecule has 1 aliphatic heterocycles. The number of hydrogen-bond acceptors (Lipinski definition) is 5. The summed E-state index contributed by atoms with van der Waals surface area (Å²) in [5.74, 6) is -1.01. The van der Waals surface area contributed by atoms with E-state index in [0.29, 0.717) is 11.6 Å². The van der Waals surface area contributed by atoms with Crippen LogP contribution in [0.5, 0.6) is 0 Å². The van der Waals surface area contributed by atoms with Gasteiger partial charge in [-0.1, -0.05) is 18.2 Å². The van der Waals surface area contributed by atoms with Crippen LogP contribution in [0.3, 0.4) is 0 Å².